The van der Waals surface area contributed by atoms with Crippen molar-refractivity contribution in [1.29, 1.82) is 0 Å². The average Bonchev–Trinajstić information content (AvgIpc) is 2.45. The van der Waals surface area contributed by atoms with Crippen molar-refractivity contribution in [3.63, 3.8) is 0 Å². The summed E-state index contributed by atoms with van der Waals surface area (Å²) in [6, 6.07) is 0. The molecule has 2 fully saturated rings. The van der Waals surface area contributed by atoms with Gasteiger partial charge in [0.05, 0.1) is 17.1 Å². The zero-order valence-corrected chi connectivity index (χ0v) is 11.8. The Morgan fingerprint density at radius 2 is 1.82 bits per heavy atom. The monoisotopic (exact) mass is 261 g/mol. The zero-order valence-electron chi connectivity index (χ0n) is 11.0. The van der Waals surface area contributed by atoms with Gasteiger partial charge in [0, 0.05) is 6.54 Å². The Balaban J connectivity index is 1.90. The highest BCUT2D eigenvalue weighted by Crippen LogP contribution is 2.34. The molecule has 17 heavy (non-hydrogen) atoms. The SMILES string of the molecule is CC1(C)CNC(C)(CC2CCS(=O)(=O)CC2)O1. The Hall–Kier alpha value is -0.130. The summed E-state index contributed by atoms with van der Waals surface area (Å²) in [5, 5.41) is 3.42. The molecular formula is C12H23NO3S. The van der Waals surface area contributed by atoms with Crippen molar-refractivity contribution in [1.82, 2.24) is 5.32 Å². The van der Waals surface area contributed by atoms with E-state index in [1.165, 1.54) is 0 Å². The first kappa shape index (κ1) is 13.3. The Kier molecular flexibility index (Phi) is 3.30. The lowest BCUT2D eigenvalue weighted by Gasteiger charge is -2.32. The van der Waals surface area contributed by atoms with E-state index >= 15 is 0 Å². The van der Waals surface area contributed by atoms with Crippen LogP contribution in [0.4, 0.5) is 0 Å². The van der Waals surface area contributed by atoms with Crippen LogP contribution in [0.25, 0.3) is 0 Å². The molecular weight excluding hydrogens is 238 g/mol. The number of ether oxygens (including phenoxy) is 1. The molecule has 1 unspecified atom stereocenters. The van der Waals surface area contributed by atoms with Crippen molar-refractivity contribution in [3.05, 3.63) is 0 Å². The highest BCUT2D eigenvalue weighted by Gasteiger charge is 2.42. The molecule has 0 spiro atoms. The van der Waals surface area contributed by atoms with E-state index in [1.807, 2.05) is 0 Å². The fourth-order valence-electron chi connectivity index (χ4n) is 2.89. The minimum atomic E-state index is -2.75. The molecule has 5 heteroatoms. The van der Waals surface area contributed by atoms with E-state index in [1.54, 1.807) is 0 Å². The lowest BCUT2D eigenvalue weighted by atomic mass is 9.93. The molecule has 0 aromatic rings. The number of sulfone groups is 1. The highest BCUT2D eigenvalue weighted by atomic mass is 32.2. The van der Waals surface area contributed by atoms with Crippen LogP contribution >= 0.6 is 0 Å². The lowest BCUT2D eigenvalue weighted by molar-refractivity contribution is -0.0914. The van der Waals surface area contributed by atoms with Crippen molar-refractivity contribution in [2.45, 2.75) is 51.4 Å². The van der Waals surface area contributed by atoms with Gasteiger partial charge in [-0.25, -0.2) is 8.42 Å². The first-order valence-corrected chi connectivity index (χ1v) is 8.18. The third kappa shape index (κ3) is 3.42. The Labute approximate surface area is 104 Å². The van der Waals surface area contributed by atoms with Crippen molar-refractivity contribution in [2.24, 2.45) is 5.92 Å². The molecule has 1 atom stereocenters. The van der Waals surface area contributed by atoms with Crippen LogP contribution in [0, 0.1) is 5.92 Å². The predicted molar refractivity (Wildman–Crippen MR) is 67.6 cm³/mol. The first-order chi connectivity index (χ1) is 7.70. The molecule has 0 aromatic heterocycles. The molecule has 1 N–H and O–H groups in total. The van der Waals surface area contributed by atoms with Crippen molar-refractivity contribution in [3.8, 4) is 0 Å². The van der Waals surface area contributed by atoms with E-state index in [-0.39, 0.29) is 11.3 Å². The maximum absolute atomic E-state index is 11.4. The fraction of sp³-hybridized carbons (Fsp3) is 1.00. The molecule has 0 bridgehead atoms. The van der Waals surface area contributed by atoms with Gasteiger partial charge in [-0.1, -0.05) is 0 Å². The second-order valence-corrected chi connectivity index (χ2v) is 8.55. The molecule has 2 rings (SSSR count). The number of hydrogen-bond donors (Lipinski definition) is 1. The van der Waals surface area contributed by atoms with Crippen LogP contribution in [0.1, 0.15) is 40.0 Å². The van der Waals surface area contributed by atoms with Gasteiger partial charge in [-0.2, -0.15) is 0 Å². The minimum Gasteiger partial charge on any atom is -0.354 e. The van der Waals surface area contributed by atoms with Gasteiger partial charge < -0.3 is 4.74 Å². The quantitative estimate of drug-likeness (QED) is 0.814. The molecule has 0 amide bonds. The van der Waals surface area contributed by atoms with Crippen LogP contribution in [0.15, 0.2) is 0 Å². The van der Waals surface area contributed by atoms with Crippen molar-refractivity contribution < 1.29 is 13.2 Å². The Bertz CT molecular complexity index is 377. The highest BCUT2D eigenvalue weighted by molar-refractivity contribution is 7.91. The van der Waals surface area contributed by atoms with E-state index in [2.05, 4.69) is 26.1 Å². The maximum atomic E-state index is 11.4. The molecule has 2 saturated heterocycles. The number of nitrogens with one attached hydrogen (secondary N) is 1. The summed E-state index contributed by atoms with van der Waals surface area (Å²) in [7, 11) is -2.75. The van der Waals surface area contributed by atoms with E-state index in [0.717, 1.165) is 25.8 Å². The van der Waals surface area contributed by atoms with E-state index in [9.17, 15) is 8.42 Å². The van der Waals surface area contributed by atoms with E-state index < -0.39 is 9.84 Å². The molecule has 2 aliphatic heterocycles. The smallest absolute Gasteiger partial charge is 0.150 e. The molecule has 4 nitrogen and oxygen atoms in total. The van der Waals surface area contributed by atoms with Gasteiger partial charge in [0.2, 0.25) is 0 Å². The maximum Gasteiger partial charge on any atom is 0.150 e. The van der Waals surface area contributed by atoms with Crippen LogP contribution < -0.4 is 5.32 Å². The zero-order chi connectivity index (χ0) is 12.7. The van der Waals surface area contributed by atoms with Gasteiger partial charge in [0.15, 0.2) is 0 Å². The first-order valence-electron chi connectivity index (χ1n) is 6.35. The minimum absolute atomic E-state index is 0.116. The Morgan fingerprint density at radius 1 is 1.24 bits per heavy atom. The summed E-state index contributed by atoms with van der Waals surface area (Å²) >= 11 is 0. The molecule has 100 valence electrons. The summed E-state index contributed by atoms with van der Waals surface area (Å²) in [5.74, 6) is 1.15. The van der Waals surface area contributed by atoms with Gasteiger partial charge >= 0.3 is 0 Å². The summed E-state index contributed by atoms with van der Waals surface area (Å²) in [4.78, 5) is 0. The van der Waals surface area contributed by atoms with Crippen LogP contribution in [-0.4, -0.2) is 37.8 Å². The molecule has 2 aliphatic rings. The van der Waals surface area contributed by atoms with Crippen molar-refractivity contribution in [2.75, 3.05) is 18.1 Å². The normalized spacial score (nSPS) is 37.1. The van der Waals surface area contributed by atoms with Crippen LogP contribution in [0.3, 0.4) is 0 Å². The van der Waals surface area contributed by atoms with E-state index in [4.69, 9.17) is 4.74 Å². The largest absolute Gasteiger partial charge is 0.354 e. The van der Waals surface area contributed by atoms with Gasteiger partial charge in [-0.15, -0.1) is 0 Å². The van der Waals surface area contributed by atoms with Crippen molar-refractivity contribution >= 4 is 9.84 Å². The molecule has 0 saturated carbocycles. The molecule has 2 heterocycles. The third-order valence-electron chi connectivity index (χ3n) is 3.74. The van der Waals surface area contributed by atoms with Gasteiger partial charge in [-0.05, 0) is 46.0 Å². The standard InChI is InChI=1S/C12H23NO3S/c1-11(2)9-13-12(3,16-11)8-10-4-6-17(14,15)7-5-10/h10,13H,4-9H2,1-3H3. The van der Waals surface area contributed by atoms with Gasteiger partial charge in [-0.3, -0.25) is 5.32 Å². The molecule has 0 aliphatic carbocycles. The average molecular weight is 261 g/mol. The lowest BCUT2D eigenvalue weighted by Crippen LogP contribution is -2.41. The summed E-state index contributed by atoms with van der Waals surface area (Å²) in [6.07, 6.45) is 2.47. The second kappa shape index (κ2) is 4.21. The summed E-state index contributed by atoms with van der Waals surface area (Å²) < 4.78 is 28.8. The Morgan fingerprint density at radius 3 is 2.29 bits per heavy atom. The number of hydrogen-bond acceptors (Lipinski definition) is 4. The van der Waals surface area contributed by atoms with Crippen LogP contribution in [0.5, 0.6) is 0 Å². The molecule has 0 aromatic carbocycles. The third-order valence-corrected chi connectivity index (χ3v) is 5.46. The van der Waals surface area contributed by atoms with Gasteiger partial charge in [0.25, 0.3) is 0 Å². The summed E-state index contributed by atoms with van der Waals surface area (Å²) in [6.45, 7) is 7.09. The predicted octanol–water partition coefficient (Wildman–Crippen LogP) is 1.32. The second-order valence-electron chi connectivity index (χ2n) is 6.25. The topological polar surface area (TPSA) is 55.4 Å². The van der Waals surface area contributed by atoms with Crippen LogP contribution in [-0.2, 0) is 14.6 Å². The molecule has 0 radical (unpaired) electrons. The van der Waals surface area contributed by atoms with E-state index in [0.29, 0.717) is 17.4 Å². The van der Waals surface area contributed by atoms with Gasteiger partial charge in [0.1, 0.15) is 15.6 Å². The summed E-state index contributed by atoms with van der Waals surface area (Å²) in [5.41, 5.74) is -0.398. The fourth-order valence-corrected chi connectivity index (χ4v) is 4.48. The van der Waals surface area contributed by atoms with Crippen LogP contribution in [0.2, 0.25) is 0 Å². The number of rotatable bonds is 2.